The fourth-order valence-electron chi connectivity index (χ4n) is 2.30. The molecule has 22 heavy (non-hydrogen) atoms. The molecule has 0 amide bonds. The Balaban J connectivity index is 1.66. The average Bonchev–Trinajstić information content (AvgIpc) is 3.08. The van der Waals surface area contributed by atoms with Crippen molar-refractivity contribution in [1.29, 1.82) is 0 Å². The van der Waals surface area contributed by atoms with Gasteiger partial charge in [0.05, 0.1) is 12.2 Å². The zero-order valence-electron chi connectivity index (χ0n) is 12.5. The summed E-state index contributed by atoms with van der Waals surface area (Å²) >= 11 is 0. The highest BCUT2D eigenvalue weighted by Gasteiger charge is 2.10. The van der Waals surface area contributed by atoms with Gasteiger partial charge >= 0.3 is 0 Å². The molecule has 2 heterocycles. The molecule has 5 heteroatoms. The van der Waals surface area contributed by atoms with E-state index in [1.165, 1.54) is 12.1 Å². The van der Waals surface area contributed by atoms with Crippen LogP contribution < -0.4 is 0 Å². The second-order valence-corrected chi connectivity index (χ2v) is 5.34. The molecule has 4 nitrogen and oxygen atoms in total. The molecular formula is C17H17FN2O2. The van der Waals surface area contributed by atoms with E-state index in [2.05, 4.69) is 9.88 Å². The topological polar surface area (TPSA) is 42.4 Å². The first-order chi connectivity index (χ1) is 10.6. The Morgan fingerprint density at radius 3 is 2.77 bits per heavy atom. The van der Waals surface area contributed by atoms with Crippen molar-refractivity contribution < 1.29 is 13.2 Å². The molecule has 0 aliphatic heterocycles. The molecule has 0 N–H and O–H groups in total. The number of hydrogen-bond donors (Lipinski definition) is 0. The first-order valence-electron chi connectivity index (χ1n) is 7.04. The van der Waals surface area contributed by atoms with Crippen molar-refractivity contribution in [2.45, 2.75) is 20.0 Å². The summed E-state index contributed by atoms with van der Waals surface area (Å²) in [6, 6.07) is 10.1. The van der Waals surface area contributed by atoms with E-state index in [0.29, 0.717) is 24.5 Å². The predicted octanol–water partition coefficient (Wildman–Crippen LogP) is 4.01. The highest BCUT2D eigenvalue weighted by molar-refractivity contribution is 5.52. The number of aryl methyl sites for hydroxylation is 1. The molecule has 0 spiro atoms. The maximum Gasteiger partial charge on any atom is 0.226 e. The molecule has 114 valence electrons. The van der Waals surface area contributed by atoms with Gasteiger partial charge in [-0.2, -0.15) is 0 Å². The third-order valence-electron chi connectivity index (χ3n) is 3.28. The van der Waals surface area contributed by atoms with Crippen molar-refractivity contribution in [2.75, 3.05) is 7.05 Å². The van der Waals surface area contributed by atoms with Gasteiger partial charge in [0, 0.05) is 12.1 Å². The molecule has 0 fully saturated rings. The van der Waals surface area contributed by atoms with Crippen LogP contribution in [0, 0.1) is 12.7 Å². The van der Waals surface area contributed by atoms with Crippen LogP contribution in [-0.4, -0.2) is 16.9 Å². The SMILES string of the molecule is Cc1ccc(CN(C)Cc2coc(-c3cccc(F)c3)n2)o1. The van der Waals surface area contributed by atoms with Gasteiger partial charge in [-0.05, 0) is 44.3 Å². The van der Waals surface area contributed by atoms with Crippen LogP contribution in [0.4, 0.5) is 4.39 Å². The number of nitrogens with zero attached hydrogens (tertiary/aromatic N) is 2. The smallest absolute Gasteiger partial charge is 0.226 e. The van der Waals surface area contributed by atoms with Crippen LogP contribution in [-0.2, 0) is 13.1 Å². The van der Waals surface area contributed by atoms with Gasteiger partial charge in [-0.3, -0.25) is 4.90 Å². The summed E-state index contributed by atoms with van der Waals surface area (Å²) in [6.07, 6.45) is 1.60. The van der Waals surface area contributed by atoms with E-state index in [4.69, 9.17) is 8.83 Å². The molecule has 0 radical (unpaired) electrons. The lowest BCUT2D eigenvalue weighted by atomic mass is 10.2. The highest BCUT2D eigenvalue weighted by atomic mass is 19.1. The second kappa shape index (κ2) is 6.15. The molecule has 0 saturated carbocycles. The molecule has 3 rings (SSSR count). The van der Waals surface area contributed by atoms with Gasteiger partial charge in [-0.1, -0.05) is 6.07 Å². The minimum absolute atomic E-state index is 0.303. The van der Waals surface area contributed by atoms with Crippen LogP contribution in [0.1, 0.15) is 17.2 Å². The molecule has 0 aliphatic rings. The van der Waals surface area contributed by atoms with E-state index in [-0.39, 0.29) is 5.82 Å². The fourth-order valence-corrected chi connectivity index (χ4v) is 2.30. The Morgan fingerprint density at radius 1 is 1.18 bits per heavy atom. The molecule has 1 aromatic carbocycles. The minimum atomic E-state index is -0.303. The number of oxazole rings is 1. The van der Waals surface area contributed by atoms with Crippen LogP contribution in [0.25, 0.3) is 11.5 Å². The molecular weight excluding hydrogens is 283 g/mol. The van der Waals surface area contributed by atoms with Crippen molar-refractivity contribution in [1.82, 2.24) is 9.88 Å². The summed E-state index contributed by atoms with van der Waals surface area (Å²) in [4.78, 5) is 6.48. The van der Waals surface area contributed by atoms with Gasteiger partial charge in [0.15, 0.2) is 0 Å². The second-order valence-electron chi connectivity index (χ2n) is 5.34. The lowest BCUT2D eigenvalue weighted by molar-refractivity contribution is 0.282. The fraction of sp³-hybridized carbons (Fsp3) is 0.235. The normalized spacial score (nSPS) is 11.3. The monoisotopic (exact) mass is 300 g/mol. The van der Waals surface area contributed by atoms with E-state index in [1.54, 1.807) is 18.4 Å². The zero-order valence-corrected chi connectivity index (χ0v) is 12.5. The van der Waals surface area contributed by atoms with Crippen molar-refractivity contribution in [3.05, 3.63) is 65.7 Å². The van der Waals surface area contributed by atoms with E-state index in [0.717, 1.165) is 17.2 Å². The van der Waals surface area contributed by atoms with Gasteiger partial charge in [0.1, 0.15) is 23.6 Å². The Bertz CT molecular complexity index is 763. The summed E-state index contributed by atoms with van der Waals surface area (Å²) < 4.78 is 24.2. The van der Waals surface area contributed by atoms with E-state index >= 15 is 0 Å². The first-order valence-corrected chi connectivity index (χ1v) is 7.04. The summed E-state index contributed by atoms with van der Waals surface area (Å²) in [5.74, 6) is 1.94. The van der Waals surface area contributed by atoms with Crippen LogP contribution in [0.3, 0.4) is 0 Å². The van der Waals surface area contributed by atoms with Crippen molar-refractivity contribution in [3.8, 4) is 11.5 Å². The van der Waals surface area contributed by atoms with Crippen LogP contribution in [0.2, 0.25) is 0 Å². The standard InChI is InChI=1S/C17H17FN2O2/c1-12-6-7-16(22-12)10-20(2)9-15-11-21-17(19-15)13-4-3-5-14(18)8-13/h3-8,11H,9-10H2,1-2H3. The first kappa shape index (κ1) is 14.5. The Hall–Kier alpha value is -2.40. The number of rotatable bonds is 5. The van der Waals surface area contributed by atoms with Crippen LogP contribution >= 0.6 is 0 Å². The van der Waals surface area contributed by atoms with Gasteiger partial charge < -0.3 is 8.83 Å². The summed E-state index contributed by atoms with van der Waals surface area (Å²) in [5, 5.41) is 0. The Labute approximate surface area is 128 Å². The van der Waals surface area contributed by atoms with Crippen molar-refractivity contribution in [3.63, 3.8) is 0 Å². The quantitative estimate of drug-likeness (QED) is 0.714. The van der Waals surface area contributed by atoms with Crippen LogP contribution in [0.15, 0.2) is 51.5 Å². The summed E-state index contributed by atoms with van der Waals surface area (Å²) in [5.41, 5.74) is 1.43. The number of hydrogen-bond acceptors (Lipinski definition) is 4. The third-order valence-corrected chi connectivity index (χ3v) is 3.28. The van der Waals surface area contributed by atoms with Crippen molar-refractivity contribution in [2.24, 2.45) is 0 Å². The van der Waals surface area contributed by atoms with E-state index < -0.39 is 0 Å². The number of furan rings is 1. The highest BCUT2D eigenvalue weighted by Crippen LogP contribution is 2.20. The third kappa shape index (κ3) is 3.43. The summed E-state index contributed by atoms with van der Waals surface area (Å²) in [7, 11) is 1.98. The molecule has 0 bridgehead atoms. The Kier molecular flexibility index (Phi) is 4.06. The number of aromatic nitrogens is 1. The molecule has 3 aromatic rings. The van der Waals surface area contributed by atoms with Crippen LogP contribution in [0.5, 0.6) is 0 Å². The maximum absolute atomic E-state index is 13.2. The van der Waals surface area contributed by atoms with Gasteiger partial charge in [0.2, 0.25) is 5.89 Å². The largest absolute Gasteiger partial charge is 0.465 e. The maximum atomic E-state index is 13.2. The summed E-state index contributed by atoms with van der Waals surface area (Å²) in [6.45, 7) is 3.24. The average molecular weight is 300 g/mol. The lowest BCUT2D eigenvalue weighted by Gasteiger charge is -2.12. The molecule has 0 saturated heterocycles. The molecule has 2 aromatic heterocycles. The minimum Gasteiger partial charge on any atom is -0.465 e. The number of benzene rings is 1. The molecule has 0 aliphatic carbocycles. The lowest BCUT2D eigenvalue weighted by Crippen LogP contribution is -2.17. The zero-order chi connectivity index (χ0) is 15.5. The molecule has 0 atom stereocenters. The van der Waals surface area contributed by atoms with Gasteiger partial charge in [0.25, 0.3) is 0 Å². The Morgan fingerprint density at radius 2 is 2.05 bits per heavy atom. The van der Waals surface area contributed by atoms with E-state index in [9.17, 15) is 4.39 Å². The van der Waals surface area contributed by atoms with Gasteiger partial charge in [-0.15, -0.1) is 0 Å². The van der Waals surface area contributed by atoms with Crippen molar-refractivity contribution >= 4 is 0 Å². The van der Waals surface area contributed by atoms with Gasteiger partial charge in [-0.25, -0.2) is 9.37 Å². The number of halogens is 1. The predicted molar refractivity (Wildman–Crippen MR) is 80.5 cm³/mol. The molecule has 0 unspecified atom stereocenters. The van der Waals surface area contributed by atoms with E-state index in [1.807, 2.05) is 26.1 Å².